The summed E-state index contributed by atoms with van der Waals surface area (Å²) < 4.78 is 19.8. The summed E-state index contributed by atoms with van der Waals surface area (Å²) in [5.74, 6) is 0.233. The molecule has 3 nitrogen and oxygen atoms in total. The Morgan fingerprint density at radius 2 is 2.10 bits per heavy atom. The average Bonchev–Trinajstić information content (AvgIpc) is 2.46. The van der Waals surface area contributed by atoms with Crippen molar-refractivity contribution in [2.45, 2.75) is 6.10 Å². The third-order valence-electron chi connectivity index (χ3n) is 2.70. The number of hydrogen-bond acceptors (Lipinski definition) is 3. The van der Waals surface area contributed by atoms with Gasteiger partial charge in [0.2, 0.25) is 0 Å². The van der Waals surface area contributed by atoms with E-state index in [-0.39, 0.29) is 18.8 Å². The molecular formula is C15H14BrClFNO2. The van der Waals surface area contributed by atoms with E-state index in [1.54, 1.807) is 12.1 Å². The van der Waals surface area contributed by atoms with Crippen molar-refractivity contribution in [1.29, 1.82) is 0 Å². The fourth-order valence-corrected chi connectivity index (χ4v) is 2.22. The van der Waals surface area contributed by atoms with Crippen molar-refractivity contribution in [3.8, 4) is 5.75 Å². The van der Waals surface area contributed by atoms with Crippen molar-refractivity contribution in [3.05, 3.63) is 57.8 Å². The Morgan fingerprint density at radius 1 is 1.29 bits per heavy atom. The minimum atomic E-state index is -0.776. The first-order chi connectivity index (χ1) is 10.0. The Kier molecular flexibility index (Phi) is 5.85. The van der Waals surface area contributed by atoms with Crippen LogP contribution in [0.4, 0.5) is 10.1 Å². The van der Waals surface area contributed by atoms with Crippen LogP contribution in [-0.2, 0) is 0 Å². The molecular weight excluding hydrogens is 361 g/mol. The van der Waals surface area contributed by atoms with Gasteiger partial charge in [-0.15, -0.1) is 0 Å². The van der Waals surface area contributed by atoms with Gasteiger partial charge in [-0.05, 0) is 36.4 Å². The number of halogens is 3. The van der Waals surface area contributed by atoms with Gasteiger partial charge in [-0.1, -0.05) is 33.6 Å². The molecule has 0 heterocycles. The van der Waals surface area contributed by atoms with Crippen LogP contribution < -0.4 is 10.1 Å². The Labute approximate surface area is 135 Å². The van der Waals surface area contributed by atoms with E-state index in [0.717, 1.165) is 4.47 Å². The maximum absolute atomic E-state index is 13.5. The van der Waals surface area contributed by atoms with Crippen LogP contribution in [0.5, 0.6) is 5.75 Å². The summed E-state index contributed by atoms with van der Waals surface area (Å²) in [4.78, 5) is 0. The van der Waals surface area contributed by atoms with Gasteiger partial charge in [0, 0.05) is 16.0 Å². The molecule has 112 valence electrons. The highest BCUT2D eigenvalue weighted by Crippen LogP contribution is 2.20. The zero-order valence-corrected chi connectivity index (χ0v) is 13.4. The Hall–Kier alpha value is -1.30. The summed E-state index contributed by atoms with van der Waals surface area (Å²) in [5, 5.41) is 13.1. The van der Waals surface area contributed by atoms with E-state index in [0.29, 0.717) is 10.8 Å². The number of benzene rings is 2. The van der Waals surface area contributed by atoms with Crippen LogP contribution in [0.25, 0.3) is 0 Å². The van der Waals surface area contributed by atoms with Crippen LogP contribution in [0.2, 0.25) is 5.02 Å². The number of aliphatic hydroxyl groups is 1. The fraction of sp³-hybridized carbons (Fsp3) is 0.200. The lowest BCUT2D eigenvalue weighted by Crippen LogP contribution is -2.26. The van der Waals surface area contributed by atoms with Crippen LogP contribution in [0, 0.1) is 5.82 Å². The van der Waals surface area contributed by atoms with Gasteiger partial charge in [0.1, 0.15) is 24.3 Å². The zero-order chi connectivity index (χ0) is 15.2. The predicted octanol–water partition coefficient (Wildman–Crippen LogP) is 4.09. The molecule has 0 saturated heterocycles. The summed E-state index contributed by atoms with van der Waals surface area (Å²) in [7, 11) is 0. The van der Waals surface area contributed by atoms with Crippen molar-refractivity contribution in [3.63, 3.8) is 0 Å². The minimum absolute atomic E-state index is 0.103. The van der Waals surface area contributed by atoms with Crippen LogP contribution in [0.1, 0.15) is 0 Å². The van der Waals surface area contributed by atoms with E-state index in [1.807, 2.05) is 12.1 Å². The van der Waals surface area contributed by atoms with E-state index in [4.69, 9.17) is 16.3 Å². The third-order valence-corrected chi connectivity index (χ3v) is 3.42. The number of ether oxygens (including phenoxy) is 1. The van der Waals surface area contributed by atoms with Gasteiger partial charge < -0.3 is 15.2 Å². The monoisotopic (exact) mass is 373 g/mol. The summed E-state index contributed by atoms with van der Waals surface area (Å²) in [6.45, 7) is 0.261. The van der Waals surface area contributed by atoms with Gasteiger partial charge in [0.25, 0.3) is 0 Å². The van der Waals surface area contributed by atoms with Crippen molar-refractivity contribution >= 4 is 33.2 Å². The first kappa shape index (κ1) is 16.1. The highest BCUT2D eigenvalue weighted by Gasteiger charge is 2.08. The predicted molar refractivity (Wildman–Crippen MR) is 85.5 cm³/mol. The molecule has 6 heteroatoms. The van der Waals surface area contributed by atoms with Crippen molar-refractivity contribution in [2.75, 3.05) is 18.5 Å². The lowest BCUT2D eigenvalue weighted by atomic mass is 10.3. The van der Waals surface area contributed by atoms with E-state index in [9.17, 15) is 9.50 Å². The van der Waals surface area contributed by atoms with Gasteiger partial charge in [0.05, 0.1) is 5.69 Å². The fourth-order valence-electron chi connectivity index (χ4n) is 1.67. The topological polar surface area (TPSA) is 41.5 Å². The second-order valence-corrected chi connectivity index (χ2v) is 5.78. The minimum Gasteiger partial charge on any atom is -0.491 e. The SMILES string of the molecule is OC(CNc1cc(Cl)ccc1F)COc1cccc(Br)c1. The normalized spacial score (nSPS) is 12.0. The van der Waals surface area contributed by atoms with Crippen LogP contribution in [-0.4, -0.2) is 24.4 Å². The molecule has 1 unspecified atom stereocenters. The van der Waals surface area contributed by atoms with Crippen LogP contribution >= 0.6 is 27.5 Å². The maximum Gasteiger partial charge on any atom is 0.146 e. The molecule has 0 aliphatic heterocycles. The van der Waals surface area contributed by atoms with E-state index < -0.39 is 11.9 Å². The molecule has 0 amide bonds. The average molecular weight is 375 g/mol. The summed E-state index contributed by atoms with van der Waals surface area (Å²) in [5.41, 5.74) is 0.254. The van der Waals surface area contributed by atoms with Gasteiger partial charge in [-0.2, -0.15) is 0 Å². The standard InChI is InChI=1S/C15H14BrClFNO2/c16-10-2-1-3-13(6-10)21-9-12(20)8-19-15-7-11(17)4-5-14(15)18/h1-7,12,19-20H,8-9H2. The second-order valence-electron chi connectivity index (χ2n) is 4.43. The zero-order valence-electron chi connectivity index (χ0n) is 11.0. The highest BCUT2D eigenvalue weighted by molar-refractivity contribution is 9.10. The van der Waals surface area contributed by atoms with Crippen molar-refractivity contribution in [1.82, 2.24) is 0 Å². The molecule has 21 heavy (non-hydrogen) atoms. The van der Waals surface area contributed by atoms with E-state index in [1.165, 1.54) is 18.2 Å². The van der Waals surface area contributed by atoms with Gasteiger partial charge in [-0.3, -0.25) is 0 Å². The lowest BCUT2D eigenvalue weighted by molar-refractivity contribution is 0.117. The van der Waals surface area contributed by atoms with Gasteiger partial charge >= 0.3 is 0 Å². The lowest BCUT2D eigenvalue weighted by Gasteiger charge is -2.14. The third kappa shape index (κ3) is 5.19. The number of rotatable bonds is 6. The summed E-state index contributed by atoms with van der Waals surface area (Å²) >= 11 is 9.13. The molecule has 0 bridgehead atoms. The molecule has 0 aromatic heterocycles. The molecule has 0 spiro atoms. The molecule has 2 aromatic carbocycles. The van der Waals surface area contributed by atoms with Crippen LogP contribution in [0.3, 0.4) is 0 Å². The van der Waals surface area contributed by atoms with Crippen molar-refractivity contribution in [2.24, 2.45) is 0 Å². The van der Waals surface area contributed by atoms with E-state index >= 15 is 0 Å². The molecule has 0 aliphatic rings. The molecule has 2 aromatic rings. The number of nitrogens with one attached hydrogen (secondary N) is 1. The molecule has 2 N–H and O–H groups in total. The molecule has 0 aliphatic carbocycles. The first-order valence-corrected chi connectivity index (χ1v) is 7.47. The molecule has 0 fully saturated rings. The summed E-state index contributed by atoms with van der Waals surface area (Å²) in [6.07, 6.45) is -0.776. The largest absolute Gasteiger partial charge is 0.491 e. The molecule has 0 radical (unpaired) electrons. The summed E-state index contributed by atoms with van der Waals surface area (Å²) in [6, 6.07) is 11.5. The quantitative estimate of drug-likeness (QED) is 0.800. The number of anilines is 1. The maximum atomic E-state index is 13.5. The van der Waals surface area contributed by atoms with E-state index in [2.05, 4.69) is 21.2 Å². The Balaban J connectivity index is 1.82. The second kappa shape index (κ2) is 7.64. The Morgan fingerprint density at radius 3 is 2.86 bits per heavy atom. The molecule has 1 atom stereocenters. The smallest absolute Gasteiger partial charge is 0.146 e. The molecule has 2 rings (SSSR count). The first-order valence-electron chi connectivity index (χ1n) is 6.30. The van der Waals surface area contributed by atoms with Gasteiger partial charge in [-0.25, -0.2) is 4.39 Å². The Bertz CT molecular complexity index is 612. The van der Waals surface area contributed by atoms with Crippen molar-refractivity contribution < 1.29 is 14.2 Å². The molecule has 0 saturated carbocycles. The number of aliphatic hydroxyl groups excluding tert-OH is 1. The van der Waals surface area contributed by atoms with Crippen LogP contribution in [0.15, 0.2) is 46.9 Å². The highest BCUT2D eigenvalue weighted by atomic mass is 79.9. The van der Waals surface area contributed by atoms with Gasteiger partial charge in [0.15, 0.2) is 0 Å². The number of hydrogen-bond donors (Lipinski definition) is 2.